The highest BCUT2D eigenvalue weighted by atomic mass is 19.3. The minimum Gasteiger partial charge on any atom is -0.395 e. The number of benzene rings is 2. The Morgan fingerprint density at radius 1 is 1.09 bits per heavy atom. The summed E-state index contributed by atoms with van der Waals surface area (Å²) in [5.74, 6) is 0.815. The number of amides is 1. The van der Waals surface area contributed by atoms with Crippen molar-refractivity contribution in [2.24, 2.45) is 0 Å². The van der Waals surface area contributed by atoms with Crippen molar-refractivity contribution in [3.05, 3.63) is 60.0 Å². The molecular weight excluding hydrogens is 434 g/mol. The Hall–Kier alpha value is -3.53. The first-order valence-electron chi connectivity index (χ1n) is 10.8. The molecule has 1 saturated heterocycles. The molecule has 3 heterocycles. The second-order valence-corrected chi connectivity index (χ2v) is 8.02. The lowest BCUT2D eigenvalue weighted by atomic mass is 9.97. The van der Waals surface area contributed by atoms with Crippen molar-refractivity contribution >= 4 is 5.91 Å². The molecule has 172 valence electrons. The molecule has 0 spiro atoms. The third-order valence-corrected chi connectivity index (χ3v) is 5.79. The fraction of sp³-hybridized carbons (Fsp3) is 0.348. The Kier molecular flexibility index (Phi) is 5.67. The van der Waals surface area contributed by atoms with Gasteiger partial charge in [-0.15, -0.1) is 8.78 Å². The molecule has 5 rings (SSSR count). The number of hydrogen-bond donors (Lipinski definition) is 1. The molecule has 0 radical (unpaired) electrons. The third kappa shape index (κ3) is 4.80. The molecule has 1 aromatic heterocycles. The average Bonchev–Trinajstić information content (AvgIpc) is 3.43. The molecule has 1 N–H and O–H groups in total. The Bertz CT molecular complexity index is 1130. The summed E-state index contributed by atoms with van der Waals surface area (Å²) in [7, 11) is 0. The first-order valence-corrected chi connectivity index (χ1v) is 10.8. The quantitative estimate of drug-likeness (QED) is 0.605. The number of aromatic nitrogens is 2. The molecule has 2 aliphatic rings. The van der Waals surface area contributed by atoms with Gasteiger partial charge in [-0.1, -0.05) is 23.4 Å². The summed E-state index contributed by atoms with van der Waals surface area (Å²) < 4.78 is 40.8. The minimum atomic E-state index is -3.66. The molecule has 8 nitrogen and oxygen atoms in total. The maximum Gasteiger partial charge on any atom is 0.586 e. The van der Waals surface area contributed by atoms with Crippen LogP contribution in [0.2, 0.25) is 0 Å². The van der Waals surface area contributed by atoms with E-state index in [2.05, 4.69) is 29.8 Å². The summed E-state index contributed by atoms with van der Waals surface area (Å²) in [6.07, 6.45) is -1.97. The number of alkyl halides is 2. The average molecular weight is 456 g/mol. The number of carbonyl (C=O) groups excluding carboxylic acids is 1. The standard InChI is InChI=1S/C23H22F2N4O4/c24-23(25)31-18-7-6-17(14-19(18)32-23)20-27-22(33-28-20)16-8-11-29(12-9-16)13-10-26-21(30)15-4-2-1-3-5-15/h1-7,14,16H,8-13H2,(H,26,30). The van der Waals surface area contributed by atoms with Crippen LogP contribution in [0.1, 0.15) is 35.0 Å². The molecule has 2 aliphatic heterocycles. The summed E-state index contributed by atoms with van der Waals surface area (Å²) in [6.45, 7) is 3.04. The van der Waals surface area contributed by atoms with Crippen LogP contribution >= 0.6 is 0 Å². The van der Waals surface area contributed by atoms with Crippen LogP contribution in [0, 0.1) is 0 Å². The van der Waals surface area contributed by atoms with E-state index in [1.165, 1.54) is 12.1 Å². The van der Waals surface area contributed by atoms with Crippen LogP contribution in [0.15, 0.2) is 53.1 Å². The predicted molar refractivity (Wildman–Crippen MR) is 113 cm³/mol. The van der Waals surface area contributed by atoms with Crippen LogP contribution in [0.4, 0.5) is 8.78 Å². The largest absolute Gasteiger partial charge is 0.586 e. The van der Waals surface area contributed by atoms with Crippen LogP contribution < -0.4 is 14.8 Å². The summed E-state index contributed by atoms with van der Waals surface area (Å²) in [6, 6.07) is 13.5. The van der Waals surface area contributed by atoms with Crippen molar-refractivity contribution in [3.8, 4) is 22.9 Å². The summed E-state index contributed by atoms with van der Waals surface area (Å²) >= 11 is 0. The lowest BCUT2D eigenvalue weighted by molar-refractivity contribution is -0.286. The number of likely N-dealkylation sites (tertiary alicyclic amines) is 1. The monoisotopic (exact) mass is 456 g/mol. The zero-order chi connectivity index (χ0) is 22.8. The maximum absolute atomic E-state index is 13.2. The molecule has 0 bridgehead atoms. The number of nitrogens with one attached hydrogen (secondary N) is 1. The van der Waals surface area contributed by atoms with Crippen molar-refractivity contribution in [1.82, 2.24) is 20.4 Å². The van der Waals surface area contributed by atoms with Crippen LogP contribution in [0.5, 0.6) is 11.5 Å². The normalized spacial score (nSPS) is 17.8. The van der Waals surface area contributed by atoms with Gasteiger partial charge < -0.3 is 24.2 Å². The van der Waals surface area contributed by atoms with Gasteiger partial charge in [-0.2, -0.15) is 4.98 Å². The molecule has 0 unspecified atom stereocenters. The Morgan fingerprint density at radius 3 is 2.64 bits per heavy atom. The van der Waals surface area contributed by atoms with E-state index in [4.69, 9.17) is 4.52 Å². The molecule has 0 saturated carbocycles. The maximum atomic E-state index is 13.2. The van der Waals surface area contributed by atoms with Gasteiger partial charge in [-0.05, 0) is 56.3 Å². The van der Waals surface area contributed by atoms with Crippen molar-refractivity contribution in [2.75, 3.05) is 26.2 Å². The van der Waals surface area contributed by atoms with Gasteiger partial charge in [0.1, 0.15) is 0 Å². The predicted octanol–water partition coefficient (Wildman–Crippen LogP) is 3.67. The Labute approximate surface area is 188 Å². The summed E-state index contributed by atoms with van der Waals surface area (Å²) in [5, 5.41) is 6.96. The first-order chi connectivity index (χ1) is 16.0. The van der Waals surface area contributed by atoms with Gasteiger partial charge in [0.15, 0.2) is 11.5 Å². The lowest BCUT2D eigenvalue weighted by Gasteiger charge is -2.30. The molecule has 0 atom stereocenters. The lowest BCUT2D eigenvalue weighted by Crippen LogP contribution is -2.39. The number of piperidine rings is 1. The van der Waals surface area contributed by atoms with Crippen molar-refractivity contribution < 1.29 is 27.6 Å². The zero-order valence-corrected chi connectivity index (χ0v) is 17.7. The molecule has 3 aromatic rings. The molecule has 0 aliphatic carbocycles. The number of rotatable bonds is 6. The van der Waals surface area contributed by atoms with E-state index in [1.807, 2.05) is 18.2 Å². The van der Waals surface area contributed by atoms with E-state index in [1.54, 1.807) is 18.2 Å². The highest BCUT2D eigenvalue weighted by molar-refractivity contribution is 5.94. The summed E-state index contributed by atoms with van der Waals surface area (Å²) in [4.78, 5) is 18.9. The van der Waals surface area contributed by atoms with Gasteiger partial charge in [-0.3, -0.25) is 4.79 Å². The van der Waals surface area contributed by atoms with E-state index in [0.29, 0.717) is 29.4 Å². The highest BCUT2D eigenvalue weighted by Crippen LogP contribution is 2.42. The van der Waals surface area contributed by atoms with Crippen LogP contribution in [0.3, 0.4) is 0 Å². The first kappa shape index (κ1) is 21.3. The number of nitrogens with zero attached hydrogens (tertiary/aromatic N) is 3. The van der Waals surface area contributed by atoms with Crippen molar-refractivity contribution in [2.45, 2.75) is 25.1 Å². The fourth-order valence-electron chi connectivity index (χ4n) is 4.03. The van der Waals surface area contributed by atoms with Gasteiger partial charge in [0.25, 0.3) is 5.91 Å². The van der Waals surface area contributed by atoms with Gasteiger partial charge >= 0.3 is 6.29 Å². The van der Waals surface area contributed by atoms with Gasteiger partial charge in [0, 0.05) is 30.1 Å². The number of carbonyl (C=O) groups is 1. The molecule has 10 heteroatoms. The SMILES string of the molecule is O=C(NCCN1CCC(c2nc(-c3ccc4c(c3)OC(F)(F)O4)no2)CC1)c1ccccc1. The Morgan fingerprint density at radius 2 is 1.85 bits per heavy atom. The topological polar surface area (TPSA) is 89.7 Å². The molecule has 1 amide bonds. The van der Waals surface area contributed by atoms with Crippen LogP contribution in [0.25, 0.3) is 11.4 Å². The van der Waals surface area contributed by atoms with Gasteiger partial charge in [0.2, 0.25) is 11.7 Å². The molecule has 33 heavy (non-hydrogen) atoms. The highest BCUT2D eigenvalue weighted by Gasteiger charge is 2.43. The van der Waals surface area contributed by atoms with E-state index in [0.717, 1.165) is 32.5 Å². The number of ether oxygens (including phenoxy) is 2. The van der Waals surface area contributed by atoms with Gasteiger partial charge in [0.05, 0.1) is 0 Å². The third-order valence-electron chi connectivity index (χ3n) is 5.79. The molecular formula is C23H22F2N4O4. The second kappa shape index (κ2) is 8.78. The van der Waals surface area contributed by atoms with E-state index < -0.39 is 6.29 Å². The molecule has 2 aromatic carbocycles. The summed E-state index contributed by atoms with van der Waals surface area (Å²) in [5.41, 5.74) is 1.16. The second-order valence-electron chi connectivity index (χ2n) is 8.02. The van der Waals surface area contributed by atoms with E-state index in [9.17, 15) is 13.6 Å². The van der Waals surface area contributed by atoms with Crippen LogP contribution in [-0.2, 0) is 0 Å². The van der Waals surface area contributed by atoms with Crippen molar-refractivity contribution in [1.29, 1.82) is 0 Å². The van der Waals surface area contributed by atoms with E-state index in [-0.39, 0.29) is 23.3 Å². The number of fused-ring (bicyclic) bond motifs is 1. The number of hydrogen-bond acceptors (Lipinski definition) is 7. The zero-order valence-electron chi connectivity index (χ0n) is 17.7. The van der Waals surface area contributed by atoms with Crippen LogP contribution in [-0.4, -0.2) is 53.4 Å². The van der Waals surface area contributed by atoms with Gasteiger partial charge in [-0.25, -0.2) is 0 Å². The minimum absolute atomic E-state index is 0.0280. The smallest absolute Gasteiger partial charge is 0.395 e. The number of halogens is 2. The molecule has 1 fully saturated rings. The fourth-order valence-corrected chi connectivity index (χ4v) is 4.03. The van der Waals surface area contributed by atoms with Crippen molar-refractivity contribution in [3.63, 3.8) is 0 Å². The van der Waals surface area contributed by atoms with E-state index >= 15 is 0 Å². The Balaban J connectivity index is 1.12.